The third kappa shape index (κ3) is 2.96. The molecule has 22 heavy (non-hydrogen) atoms. The van der Waals surface area contributed by atoms with E-state index >= 15 is 0 Å². The zero-order chi connectivity index (χ0) is 15.6. The summed E-state index contributed by atoms with van der Waals surface area (Å²) in [5.74, 6) is -0.192. The standard InChI is InChI=1S/C16H25N3O3/c20-13(17-12-6-2-3-7-12)8-11-19-14(21)16(18-15(19)22)9-4-1-5-10-16/h12H,1-11H2,(H,17,20)(H,18,22). The van der Waals surface area contributed by atoms with Crippen LogP contribution >= 0.6 is 0 Å². The summed E-state index contributed by atoms with van der Waals surface area (Å²) in [4.78, 5) is 37.8. The van der Waals surface area contributed by atoms with E-state index < -0.39 is 5.54 Å². The molecule has 0 aromatic heterocycles. The molecule has 6 nitrogen and oxygen atoms in total. The second-order valence-corrected chi connectivity index (χ2v) is 6.83. The van der Waals surface area contributed by atoms with Crippen LogP contribution in [0.5, 0.6) is 0 Å². The molecule has 1 aliphatic heterocycles. The summed E-state index contributed by atoms with van der Waals surface area (Å²) in [6.07, 6.45) is 9.13. The first kappa shape index (κ1) is 15.3. The van der Waals surface area contributed by atoms with Crippen LogP contribution in [0.4, 0.5) is 4.79 Å². The minimum absolute atomic E-state index is 0.0582. The van der Waals surface area contributed by atoms with Crippen molar-refractivity contribution in [1.82, 2.24) is 15.5 Å². The van der Waals surface area contributed by atoms with E-state index in [9.17, 15) is 14.4 Å². The molecule has 0 aromatic carbocycles. The molecular formula is C16H25N3O3. The van der Waals surface area contributed by atoms with Gasteiger partial charge < -0.3 is 10.6 Å². The van der Waals surface area contributed by atoms with Crippen LogP contribution in [0.3, 0.4) is 0 Å². The van der Waals surface area contributed by atoms with E-state index in [-0.39, 0.29) is 36.9 Å². The molecule has 1 spiro atoms. The van der Waals surface area contributed by atoms with Crippen molar-refractivity contribution in [2.24, 2.45) is 0 Å². The van der Waals surface area contributed by atoms with Gasteiger partial charge in [-0.15, -0.1) is 0 Å². The Balaban J connectivity index is 1.52. The van der Waals surface area contributed by atoms with E-state index in [1.54, 1.807) is 0 Å². The lowest BCUT2D eigenvalue weighted by molar-refractivity contribution is -0.132. The first-order valence-corrected chi connectivity index (χ1v) is 8.54. The zero-order valence-corrected chi connectivity index (χ0v) is 13.0. The lowest BCUT2D eigenvalue weighted by Gasteiger charge is -2.30. The molecule has 4 amide bonds. The minimum Gasteiger partial charge on any atom is -0.353 e. The number of hydrogen-bond donors (Lipinski definition) is 2. The second kappa shape index (κ2) is 6.26. The molecule has 3 aliphatic rings. The van der Waals surface area contributed by atoms with E-state index in [2.05, 4.69) is 10.6 Å². The largest absolute Gasteiger partial charge is 0.353 e. The van der Waals surface area contributed by atoms with E-state index in [4.69, 9.17) is 0 Å². The van der Waals surface area contributed by atoms with Gasteiger partial charge in [0.25, 0.3) is 5.91 Å². The predicted molar refractivity (Wildman–Crippen MR) is 81.1 cm³/mol. The quantitative estimate of drug-likeness (QED) is 0.776. The van der Waals surface area contributed by atoms with Gasteiger partial charge >= 0.3 is 6.03 Å². The first-order valence-electron chi connectivity index (χ1n) is 8.54. The summed E-state index contributed by atoms with van der Waals surface area (Å²) < 4.78 is 0. The van der Waals surface area contributed by atoms with Crippen LogP contribution in [0, 0.1) is 0 Å². The van der Waals surface area contributed by atoms with Gasteiger partial charge in [-0.2, -0.15) is 0 Å². The molecule has 0 radical (unpaired) electrons. The van der Waals surface area contributed by atoms with Gasteiger partial charge in [-0.25, -0.2) is 4.79 Å². The maximum Gasteiger partial charge on any atom is 0.325 e. The number of urea groups is 1. The van der Waals surface area contributed by atoms with Crippen molar-refractivity contribution < 1.29 is 14.4 Å². The van der Waals surface area contributed by atoms with Crippen molar-refractivity contribution in [1.29, 1.82) is 0 Å². The Morgan fingerprint density at radius 1 is 1.14 bits per heavy atom. The normalized spacial score (nSPS) is 24.8. The van der Waals surface area contributed by atoms with Crippen LogP contribution in [0.15, 0.2) is 0 Å². The van der Waals surface area contributed by atoms with Gasteiger partial charge in [0.2, 0.25) is 5.91 Å². The molecule has 0 aromatic rings. The van der Waals surface area contributed by atoms with Crippen LogP contribution in [0.2, 0.25) is 0 Å². The number of rotatable bonds is 4. The molecule has 0 atom stereocenters. The Bertz CT molecular complexity index is 465. The van der Waals surface area contributed by atoms with Gasteiger partial charge in [0.05, 0.1) is 0 Å². The summed E-state index contributed by atoms with van der Waals surface area (Å²) >= 11 is 0. The number of hydrogen-bond acceptors (Lipinski definition) is 3. The molecule has 0 bridgehead atoms. The van der Waals surface area contributed by atoms with Crippen molar-refractivity contribution in [3.05, 3.63) is 0 Å². The first-order chi connectivity index (χ1) is 10.6. The number of carbonyl (C=O) groups excluding carboxylic acids is 3. The average Bonchev–Trinajstić information content (AvgIpc) is 3.07. The van der Waals surface area contributed by atoms with Crippen LogP contribution in [0.25, 0.3) is 0 Å². The zero-order valence-electron chi connectivity index (χ0n) is 13.0. The van der Waals surface area contributed by atoms with Gasteiger partial charge in [-0.3, -0.25) is 14.5 Å². The van der Waals surface area contributed by atoms with Crippen molar-refractivity contribution in [3.63, 3.8) is 0 Å². The highest BCUT2D eigenvalue weighted by Crippen LogP contribution is 2.33. The number of nitrogens with zero attached hydrogens (tertiary/aromatic N) is 1. The Kier molecular flexibility index (Phi) is 4.36. The van der Waals surface area contributed by atoms with Crippen molar-refractivity contribution in [2.45, 2.75) is 75.8 Å². The predicted octanol–water partition coefficient (Wildman–Crippen LogP) is 1.69. The lowest BCUT2D eigenvalue weighted by atomic mass is 9.82. The molecule has 1 heterocycles. The van der Waals surface area contributed by atoms with E-state index in [1.807, 2.05) is 0 Å². The summed E-state index contributed by atoms with van der Waals surface area (Å²) in [5.41, 5.74) is -0.683. The fourth-order valence-electron chi connectivity index (χ4n) is 3.96. The summed E-state index contributed by atoms with van der Waals surface area (Å²) in [7, 11) is 0. The highest BCUT2D eigenvalue weighted by Gasteiger charge is 2.51. The van der Waals surface area contributed by atoms with Gasteiger partial charge in [0.15, 0.2) is 0 Å². The highest BCUT2D eigenvalue weighted by atomic mass is 16.2. The summed E-state index contributed by atoms with van der Waals surface area (Å²) in [6, 6.07) is -0.0548. The monoisotopic (exact) mass is 307 g/mol. The van der Waals surface area contributed by atoms with Gasteiger partial charge in [-0.05, 0) is 25.7 Å². The molecule has 0 unspecified atom stereocenters. The van der Waals surface area contributed by atoms with E-state index in [0.29, 0.717) is 0 Å². The van der Waals surface area contributed by atoms with Crippen molar-refractivity contribution >= 4 is 17.8 Å². The van der Waals surface area contributed by atoms with Crippen molar-refractivity contribution in [3.8, 4) is 0 Å². The van der Waals surface area contributed by atoms with Gasteiger partial charge in [0.1, 0.15) is 5.54 Å². The topological polar surface area (TPSA) is 78.5 Å². The second-order valence-electron chi connectivity index (χ2n) is 6.83. The molecule has 122 valence electrons. The molecule has 3 rings (SSSR count). The molecule has 1 saturated heterocycles. The molecule has 2 N–H and O–H groups in total. The maximum absolute atomic E-state index is 12.6. The van der Waals surface area contributed by atoms with Gasteiger partial charge in [-0.1, -0.05) is 32.1 Å². The summed E-state index contributed by atoms with van der Waals surface area (Å²) in [5, 5.41) is 5.87. The fraction of sp³-hybridized carbons (Fsp3) is 0.812. The van der Waals surface area contributed by atoms with E-state index in [0.717, 1.165) is 44.9 Å². The molecule has 3 fully saturated rings. The van der Waals surface area contributed by atoms with Gasteiger partial charge in [0, 0.05) is 19.0 Å². The molecule has 2 saturated carbocycles. The fourth-order valence-corrected chi connectivity index (χ4v) is 3.96. The maximum atomic E-state index is 12.6. The van der Waals surface area contributed by atoms with Crippen LogP contribution in [-0.4, -0.2) is 40.9 Å². The van der Waals surface area contributed by atoms with Crippen LogP contribution in [-0.2, 0) is 9.59 Å². The van der Waals surface area contributed by atoms with E-state index in [1.165, 1.54) is 17.7 Å². The smallest absolute Gasteiger partial charge is 0.325 e. The van der Waals surface area contributed by atoms with Crippen LogP contribution < -0.4 is 10.6 Å². The number of imide groups is 1. The Morgan fingerprint density at radius 2 is 1.82 bits per heavy atom. The lowest BCUT2D eigenvalue weighted by Crippen LogP contribution is -2.48. The summed E-state index contributed by atoms with van der Waals surface area (Å²) in [6.45, 7) is 0.185. The molecule has 2 aliphatic carbocycles. The third-order valence-electron chi connectivity index (χ3n) is 5.24. The Morgan fingerprint density at radius 3 is 2.50 bits per heavy atom. The SMILES string of the molecule is O=C(CCN1C(=O)NC2(CCCCC2)C1=O)NC1CCCC1. The molecular weight excluding hydrogens is 282 g/mol. The minimum atomic E-state index is -0.683. The Hall–Kier alpha value is -1.59. The number of carbonyl (C=O) groups is 3. The Labute approximate surface area is 131 Å². The van der Waals surface area contributed by atoms with Crippen molar-refractivity contribution in [2.75, 3.05) is 6.54 Å². The van der Waals surface area contributed by atoms with Crippen LogP contribution in [0.1, 0.15) is 64.2 Å². The highest BCUT2D eigenvalue weighted by molar-refractivity contribution is 6.07. The molecule has 6 heteroatoms. The average molecular weight is 307 g/mol. The third-order valence-corrected chi connectivity index (χ3v) is 5.24. The number of nitrogens with one attached hydrogen (secondary N) is 2. The number of amides is 4.